The van der Waals surface area contributed by atoms with Crippen LogP contribution in [0.2, 0.25) is 0 Å². The van der Waals surface area contributed by atoms with E-state index in [-0.39, 0.29) is 39.2 Å². The third-order valence-corrected chi connectivity index (χ3v) is 8.34. The van der Waals surface area contributed by atoms with E-state index in [1.54, 1.807) is 55.6 Å². The molecule has 2 fully saturated rings. The van der Waals surface area contributed by atoms with Gasteiger partial charge in [0.1, 0.15) is 5.75 Å². The highest BCUT2D eigenvalue weighted by molar-refractivity contribution is 9.12. The fourth-order valence-corrected chi connectivity index (χ4v) is 5.28. The van der Waals surface area contributed by atoms with Crippen molar-refractivity contribution in [3.63, 3.8) is 0 Å². The van der Waals surface area contributed by atoms with Crippen LogP contribution in [-0.4, -0.2) is 34.5 Å². The predicted octanol–water partition coefficient (Wildman–Crippen LogP) is 4.37. The summed E-state index contributed by atoms with van der Waals surface area (Å²) in [6.07, 6.45) is 1.22. The van der Waals surface area contributed by atoms with E-state index in [2.05, 4.69) is 37.2 Å². The van der Waals surface area contributed by atoms with Gasteiger partial charge in [0.25, 0.3) is 5.91 Å². The molecule has 4 atom stereocenters. The molecule has 4 rings (SSSR count). The van der Waals surface area contributed by atoms with Crippen LogP contribution in [0.3, 0.4) is 0 Å². The van der Waals surface area contributed by atoms with E-state index in [0.29, 0.717) is 35.5 Å². The number of carbonyl (C=O) groups excluding carboxylic acids is 3. The average Bonchev–Trinajstić information content (AvgIpc) is 2.98. The molecule has 2 aliphatic rings. The van der Waals surface area contributed by atoms with E-state index >= 15 is 0 Å². The number of imide groups is 1. The first kappa shape index (κ1) is 21.1. The standard InChI is InChI=1S/C22H20Br2N2O4/c1-30-15-7-3-5-13(9-15)25-20(27)12-4-2-6-14(8-12)26-21(28)16-10-18(23)19(24)11-17(16)22(26)29/h2-9,16-19H,10-11H2,1H3,(H,25,27)/t16-,17+,18+,19-. The number of methoxy groups -OCH3 is 1. The van der Waals surface area contributed by atoms with Gasteiger partial charge in [0.15, 0.2) is 0 Å². The molecule has 8 heteroatoms. The Balaban J connectivity index is 1.56. The zero-order valence-electron chi connectivity index (χ0n) is 16.2. The summed E-state index contributed by atoms with van der Waals surface area (Å²) in [5.74, 6) is -0.747. The van der Waals surface area contributed by atoms with Gasteiger partial charge >= 0.3 is 0 Å². The van der Waals surface area contributed by atoms with Gasteiger partial charge in [-0.1, -0.05) is 44.0 Å². The van der Waals surface area contributed by atoms with Crippen LogP contribution in [0.4, 0.5) is 11.4 Å². The summed E-state index contributed by atoms with van der Waals surface area (Å²) in [4.78, 5) is 40.3. The molecule has 156 valence electrons. The van der Waals surface area contributed by atoms with Gasteiger partial charge in [-0.25, -0.2) is 0 Å². The van der Waals surface area contributed by atoms with Crippen molar-refractivity contribution in [2.75, 3.05) is 17.3 Å². The van der Waals surface area contributed by atoms with Crippen molar-refractivity contribution in [3.05, 3.63) is 54.1 Å². The van der Waals surface area contributed by atoms with Crippen LogP contribution in [0.1, 0.15) is 23.2 Å². The highest BCUT2D eigenvalue weighted by Gasteiger charge is 2.52. The molecule has 3 amide bonds. The molecular formula is C22H20Br2N2O4. The SMILES string of the molecule is COc1cccc(NC(=O)c2cccc(N3C(=O)[C@H]4C[C@@H](Br)[C@@H](Br)C[C@H]4C3=O)c2)c1. The zero-order valence-corrected chi connectivity index (χ0v) is 19.4. The maximum absolute atomic E-state index is 13.0. The van der Waals surface area contributed by atoms with Crippen LogP contribution in [-0.2, 0) is 9.59 Å². The number of fused-ring (bicyclic) bond motifs is 1. The number of anilines is 2. The third-order valence-electron chi connectivity index (χ3n) is 5.61. The number of ether oxygens (including phenoxy) is 1. The van der Waals surface area contributed by atoms with Crippen LogP contribution in [0.15, 0.2) is 48.5 Å². The molecule has 0 unspecified atom stereocenters. The maximum Gasteiger partial charge on any atom is 0.255 e. The molecule has 0 radical (unpaired) electrons. The fraction of sp³-hybridized carbons (Fsp3) is 0.318. The highest BCUT2D eigenvalue weighted by atomic mass is 79.9. The molecule has 30 heavy (non-hydrogen) atoms. The van der Waals surface area contributed by atoms with E-state index in [4.69, 9.17) is 4.74 Å². The van der Waals surface area contributed by atoms with E-state index < -0.39 is 0 Å². The summed E-state index contributed by atoms with van der Waals surface area (Å²) in [7, 11) is 1.56. The Morgan fingerprint density at radius 3 is 2.27 bits per heavy atom. The second-order valence-electron chi connectivity index (χ2n) is 7.46. The molecule has 2 aromatic rings. The van der Waals surface area contributed by atoms with Crippen molar-refractivity contribution < 1.29 is 19.1 Å². The normalized spacial score (nSPS) is 25.8. The van der Waals surface area contributed by atoms with Crippen LogP contribution in [0.5, 0.6) is 5.75 Å². The monoisotopic (exact) mass is 534 g/mol. The van der Waals surface area contributed by atoms with Crippen LogP contribution in [0.25, 0.3) is 0 Å². The Morgan fingerprint density at radius 1 is 1.00 bits per heavy atom. The Bertz CT molecular complexity index is 984. The Hall–Kier alpha value is -2.19. The third kappa shape index (κ3) is 3.90. The Kier molecular flexibility index (Phi) is 5.97. The van der Waals surface area contributed by atoms with E-state index in [9.17, 15) is 14.4 Å². The van der Waals surface area contributed by atoms with Gasteiger partial charge in [-0.2, -0.15) is 0 Å². The quantitative estimate of drug-likeness (QED) is 0.466. The van der Waals surface area contributed by atoms with Gasteiger partial charge in [-0.15, -0.1) is 0 Å². The van der Waals surface area contributed by atoms with E-state index in [1.807, 2.05) is 0 Å². The van der Waals surface area contributed by atoms with Gasteiger partial charge in [-0.05, 0) is 43.2 Å². The topological polar surface area (TPSA) is 75.7 Å². The van der Waals surface area contributed by atoms with Crippen molar-refractivity contribution in [1.82, 2.24) is 0 Å². The molecule has 1 heterocycles. The predicted molar refractivity (Wildman–Crippen MR) is 122 cm³/mol. The summed E-state index contributed by atoms with van der Waals surface area (Å²) < 4.78 is 5.17. The second kappa shape index (κ2) is 8.51. The number of halogens is 2. The number of nitrogens with zero attached hydrogens (tertiary/aromatic N) is 1. The largest absolute Gasteiger partial charge is 0.497 e. The van der Waals surface area contributed by atoms with Crippen molar-refractivity contribution >= 4 is 61.0 Å². The van der Waals surface area contributed by atoms with Gasteiger partial charge in [0.05, 0.1) is 24.6 Å². The lowest BCUT2D eigenvalue weighted by Gasteiger charge is -2.29. The Morgan fingerprint density at radius 2 is 1.63 bits per heavy atom. The van der Waals surface area contributed by atoms with Crippen LogP contribution in [0, 0.1) is 11.8 Å². The lowest BCUT2D eigenvalue weighted by Crippen LogP contribution is -2.34. The van der Waals surface area contributed by atoms with Crippen molar-refractivity contribution in [2.45, 2.75) is 22.5 Å². The van der Waals surface area contributed by atoms with Crippen molar-refractivity contribution in [1.29, 1.82) is 0 Å². The van der Waals surface area contributed by atoms with Crippen molar-refractivity contribution in [2.24, 2.45) is 11.8 Å². The molecule has 0 aromatic heterocycles. The number of hydrogen-bond acceptors (Lipinski definition) is 4. The van der Waals surface area contributed by atoms with Crippen LogP contribution < -0.4 is 15.0 Å². The molecule has 1 aliphatic heterocycles. The number of hydrogen-bond donors (Lipinski definition) is 1. The maximum atomic E-state index is 13.0. The first-order chi connectivity index (χ1) is 14.4. The molecule has 1 N–H and O–H groups in total. The number of benzene rings is 2. The lowest BCUT2D eigenvalue weighted by molar-refractivity contribution is -0.122. The molecule has 1 aliphatic carbocycles. The average molecular weight is 536 g/mol. The molecular weight excluding hydrogens is 516 g/mol. The lowest BCUT2D eigenvalue weighted by atomic mass is 9.81. The number of amides is 3. The minimum atomic E-state index is -0.331. The smallest absolute Gasteiger partial charge is 0.255 e. The Labute approximate surface area is 191 Å². The summed E-state index contributed by atoms with van der Waals surface area (Å²) >= 11 is 7.19. The summed E-state index contributed by atoms with van der Waals surface area (Å²) in [6.45, 7) is 0. The van der Waals surface area contributed by atoms with Crippen molar-refractivity contribution in [3.8, 4) is 5.75 Å². The molecule has 2 aromatic carbocycles. The number of alkyl halides is 2. The molecule has 0 bridgehead atoms. The van der Waals surface area contributed by atoms with Gasteiger partial charge in [-0.3, -0.25) is 19.3 Å². The van der Waals surface area contributed by atoms with Crippen LogP contribution >= 0.6 is 31.9 Å². The fourth-order valence-electron chi connectivity index (χ4n) is 4.04. The second-order valence-corrected chi connectivity index (χ2v) is 9.82. The molecule has 0 spiro atoms. The van der Waals surface area contributed by atoms with Gasteiger partial charge in [0, 0.05) is 27.0 Å². The zero-order chi connectivity index (χ0) is 21.4. The number of carbonyl (C=O) groups is 3. The summed E-state index contributed by atoms with van der Waals surface area (Å²) in [5.41, 5.74) is 1.38. The minimum Gasteiger partial charge on any atom is -0.497 e. The highest BCUT2D eigenvalue weighted by Crippen LogP contribution is 2.44. The number of nitrogens with one attached hydrogen (secondary N) is 1. The molecule has 6 nitrogen and oxygen atoms in total. The summed E-state index contributed by atoms with van der Waals surface area (Å²) in [5, 5.41) is 2.81. The van der Waals surface area contributed by atoms with Gasteiger partial charge in [0.2, 0.25) is 11.8 Å². The minimum absolute atomic E-state index is 0.149. The van der Waals surface area contributed by atoms with Gasteiger partial charge < -0.3 is 10.1 Å². The van der Waals surface area contributed by atoms with E-state index in [0.717, 1.165) is 0 Å². The summed E-state index contributed by atoms with van der Waals surface area (Å²) in [6, 6.07) is 13.6. The first-order valence-corrected chi connectivity index (χ1v) is 11.4. The van der Waals surface area contributed by atoms with E-state index in [1.165, 1.54) is 4.90 Å². The number of rotatable bonds is 4. The molecule has 1 saturated carbocycles. The molecule has 1 saturated heterocycles. The first-order valence-electron chi connectivity index (χ1n) is 9.60.